The number of amides is 2. The summed E-state index contributed by atoms with van der Waals surface area (Å²) < 4.78 is 8.03. The zero-order valence-electron chi connectivity index (χ0n) is 19.1. The first kappa shape index (κ1) is 23.1. The van der Waals surface area contributed by atoms with E-state index in [1.165, 1.54) is 19.3 Å². The van der Waals surface area contributed by atoms with Crippen LogP contribution in [0.5, 0.6) is 5.75 Å². The molecule has 1 saturated heterocycles. The fourth-order valence-electron chi connectivity index (χ4n) is 4.21. The summed E-state index contributed by atoms with van der Waals surface area (Å²) in [6.45, 7) is 1.80. The van der Waals surface area contributed by atoms with Crippen molar-refractivity contribution in [2.75, 3.05) is 30.8 Å². The highest BCUT2D eigenvalue weighted by molar-refractivity contribution is 6.30. The Balaban J connectivity index is 1.46. The second-order valence-corrected chi connectivity index (χ2v) is 8.84. The van der Waals surface area contributed by atoms with E-state index in [0.717, 1.165) is 30.0 Å². The van der Waals surface area contributed by atoms with Gasteiger partial charge in [-0.3, -0.25) is 4.68 Å². The molecule has 0 spiro atoms. The lowest BCUT2D eigenvalue weighted by atomic mass is 10.0. The number of likely N-dealkylation sites (tertiary alicyclic amines) is 1. The number of urea groups is 1. The summed E-state index contributed by atoms with van der Waals surface area (Å²) in [5.74, 6) is 0.778. The van der Waals surface area contributed by atoms with Crippen molar-refractivity contribution < 1.29 is 9.53 Å². The molecule has 2 amide bonds. The van der Waals surface area contributed by atoms with Gasteiger partial charge in [0.05, 0.1) is 12.3 Å². The molecule has 4 rings (SSSR count). The number of nitrogens with one attached hydrogen (secondary N) is 2. The molecule has 7 nitrogen and oxygen atoms in total. The van der Waals surface area contributed by atoms with E-state index in [1.54, 1.807) is 35.1 Å². The van der Waals surface area contributed by atoms with Crippen LogP contribution in [-0.2, 0) is 7.05 Å². The molecule has 2 N–H and O–H groups in total. The maximum atomic E-state index is 12.5. The highest BCUT2D eigenvalue weighted by atomic mass is 35.5. The van der Waals surface area contributed by atoms with Crippen molar-refractivity contribution >= 4 is 29.0 Å². The Bertz CT molecular complexity index is 1080. The third-order valence-electron chi connectivity index (χ3n) is 6.07. The molecule has 174 valence electrons. The number of hydrogen-bond donors (Lipinski definition) is 2. The maximum absolute atomic E-state index is 12.5. The number of aromatic nitrogens is 2. The highest BCUT2D eigenvalue weighted by Gasteiger charge is 2.19. The van der Waals surface area contributed by atoms with E-state index in [4.69, 9.17) is 16.3 Å². The monoisotopic (exact) mass is 467 g/mol. The first-order chi connectivity index (χ1) is 16.0. The molecule has 1 unspecified atom stereocenters. The standard InChI is InChI=1S/C25H30ClN5O2/c1-30-15-4-3-5-21(30)13-16-33-24-11-10-20(17-22(24)23-12-14-27-31(23)2)29-25(32)28-19-8-6-18(26)7-9-19/h6-12,14,17,21H,3-5,13,15-16H2,1-2H3,(H2,28,29,32). The van der Waals surface area contributed by atoms with Crippen LogP contribution in [0, 0.1) is 0 Å². The quantitative estimate of drug-likeness (QED) is 0.471. The highest BCUT2D eigenvalue weighted by Crippen LogP contribution is 2.33. The first-order valence-electron chi connectivity index (χ1n) is 11.3. The van der Waals surface area contributed by atoms with Crippen molar-refractivity contribution in [2.24, 2.45) is 7.05 Å². The van der Waals surface area contributed by atoms with Gasteiger partial charge in [-0.1, -0.05) is 18.0 Å². The Morgan fingerprint density at radius 2 is 1.85 bits per heavy atom. The summed E-state index contributed by atoms with van der Waals surface area (Å²) in [5, 5.41) is 10.6. The molecule has 0 aliphatic carbocycles. The van der Waals surface area contributed by atoms with E-state index in [1.807, 2.05) is 31.3 Å². The number of ether oxygens (including phenoxy) is 1. The lowest BCUT2D eigenvalue weighted by Gasteiger charge is -2.32. The number of hydrogen-bond acceptors (Lipinski definition) is 4. The lowest BCUT2D eigenvalue weighted by molar-refractivity contribution is 0.153. The van der Waals surface area contributed by atoms with Crippen molar-refractivity contribution in [3.8, 4) is 17.0 Å². The molecule has 1 atom stereocenters. The zero-order valence-corrected chi connectivity index (χ0v) is 19.8. The molecular formula is C25H30ClN5O2. The van der Waals surface area contributed by atoms with Crippen LogP contribution in [0.4, 0.5) is 16.2 Å². The topological polar surface area (TPSA) is 71.4 Å². The summed E-state index contributed by atoms with van der Waals surface area (Å²) in [5.41, 5.74) is 3.13. The number of rotatable bonds is 7. The van der Waals surface area contributed by atoms with E-state index >= 15 is 0 Å². The zero-order chi connectivity index (χ0) is 23.2. The molecule has 1 aliphatic rings. The molecule has 1 fully saturated rings. The van der Waals surface area contributed by atoms with Gasteiger partial charge in [0.2, 0.25) is 0 Å². The number of anilines is 2. The maximum Gasteiger partial charge on any atom is 0.323 e. The summed E-state index contributed by atoms with van der Waals surface area (Å²) >= 11 is 5.91. The number of aryl methyl sites for hydroxylation is 1. The van der Waals surface area contributed by atoms with Gasteiger partial charge in [0.25, 0.3) is 0 Å². The largest absolute Gasteiger partial charge is 0.493 e. The molecule has 0 saturated carbocycles. The van der Waals surface area contributed by atoms with E-state index in [2.05, 4.69) is 27.7 Å². The van der Waals surface area contributed by atoms with Gasteiger partial charge < -0.3 is 20.3 Å². The first-order valence-corrected chi connectivity index (χ1v) is 11.7. The second-order valence-electron chi connectivity index (χ2n) is 8.40. The van der Waals surface area contributed by atoms with Crippen molar-refractivity contribution in [1.29, 1.82) is 0 Å². The second kappa shape index (κ2) is 10.7. The molecular weight excluding hydrogens is 438 g/mol. The van der Waals surface area contributed by atoms with Gasteiger partial charge in [-0.2, -0.15) is 5.10 Å². The minimum Gasteiger partial charge on any atom is -0.493 e. The van der Waals surface area contributed by atoms with Crippen LogP contribution in [0.15, 0.2) is 54.7 Å². The predicted molar refractivity (Wildman–Crippen MR) is 133 cm³/mol. The van der Waals surface area contributed by atoms with Crippen molar-refractivity contribution in [3.05, 3.63) is 59.8 Å². The molecule has 1 aliphatic heterocycles. The van der Waals surface area contributed by atoms with Crippen LogP contribution in [-0.4, -0.2) is 47.0 Å². The van der Waals surface area contributed by atoms with Gasteiger partial charge in [0.15, 0.2) is 0 Å². The third-order valence-corrected chi connectivity index (χ3v) is 6.32. The van der Waals surface area contributed by atoms with Crippen LogP contribution in [0.1, 0.15) is 25.7 Å². The van der Waals surface area contributed by atoms with Crippen LogP contribution in [0.25, 0.3) is 11.3 Å². The van der Waals surface area contributed by atoms with Crippen molar-refractivity contribution in [2.45, 2.75) is 31.7 Å². The van der Waals surface area contributed by atoms with E-state index in [9.17, 15) is 4.79 Å². The fraction of sp³-hybridized carbons (Fsp3) is 0.360. The minimum absolute atomic E-state index is 0.331. The minimum atomic E-state index is -0.331. The Labute approximate surface area is 199 Å². The number of benzene rings is 2. The van der Waals surface area contributed by atoms with Crippen LogP contribution in [0.2, 0.25) is 5.02 Å². The van der Waals surface area contributed by atoms with E-state index in [-0.39, 0.29) is 6.03 Å². The van der Waals surface area contributed by atoms with Crippen LogP contribution < -0.4 is 15.4 Å². The Morgan fingerprint density at radius 3 is 2.58 bits per heavy atom. The molecule has 3 aromatic rings. The number of halogens is 1. The van der Waals surface area contributed by atoms with Gasteiger partial charge in [-0.25, -0.2) is 4.79 Å². The summed E-state index contributed by atoms with van der Waals surface area (Å²) in [7, 11) is 4.09. The molecule has 2 heterocycles. The van der Waals surface area contributed by atoms with Gasteiger partial charge in [-0.15, -0.1) is 0 Å². The fourth-order valence-corrected chi connectivity index (χ4v) is 4.34. The summed E-state index contributed by atoms with van der Waals surface area (Å²) in [6.07, 6.45) is 6.53. The smallest absolute Gasteiger partial charge is 0.323 e. The SMILES string of the molecule is CN1CCCCC1CCOc1ccc(NC(=O)Nc2ccc(Cl)cc2)cc1-c1ccnn1C. The van der Waals surface area contributed by atoms with Gasteiger partial charge >= 0.3 is 6.03 Å². The summed E-state index contributed by atoms with van der Waals surface area (Å²) in [4.78, 5) is 14.9. The number of nitrogens with zero attached hydrogens (tertiary/aromatic N) is 3. The van der Waals surface area contributed by atoms with Crippen LogP contribution in [0.3, 0.4) is 0 Å². The Hall–Kier alpha value is -3.03. The Kier molecular flexibility index (Phi) is 7.52. The molecule has 2 aromatic carbocycles. The van der Waals surface area contributed by atoms with Crippen LogP contribution >= 0.6 is 11.6 Å². The average Bonchev–Trinajstić information content (AvgIpc) is 3.23. The van der Waals surface area contributed by atoms with E-state index < -0.39 is 0 Å². The predicted octanol–water partition coefficient (Wildman–Crippen LogP) is 5.64. The molecule has 1 aromatic heterocycles. The average molecular weight is 468 g/mol. The molecule has 0 bridgehead atoms. The van der Waals surface area contributed by atoms with Crippen molar-refractivity contribution in [3.63, 3.8) is 0 Å². The lowest BCUT2D eigenvalue weighted by Crippen LogP contribution is -2.37. The Morgan fingerprint density at radius 1 is 1.09 bits per heavy atom. The van der Waals surface area contributed by atoms with Gasteiger partial charge in [0.1, 0.15) is 5.75 Å². The number of piperidine rings is 1. The van der Waals surface area contributed by atoms with Crippen molar-refractivity contribution in [1.82, 2.24) is 14.7 Å². The van der Waals surface area contributed by atoms with Gasteiger partial charge in [-0.05, 0) is 81.4 Å². The summed E-state index contributed by atoms with van der Waals surface area (Å²) in [6, 6.07) is 14.8. The molecule has 8 heteroatoms. The van der Waals surface area contributed by atoms with E-state index in [0.29, 0.717) is 29.0 Å². The third kappa shape index (κ3) is 6.06. The molecule has 0 radical (unpaired) electrons. The van der Waals surface area contributed by atoms with Gasteiger partial charge in [0, 0.05) is 41.2 Å². The molecule has 33 heavy (non-hydrogen) atoms. The number of carbonyl (C=O) groups is 1. The normalized spacial score (nSPS) is 16.4. The number of carbonyl (C=O) groups excluding carboxylic acids is 1.